The number of amides is 1. The number of aromatic nitrogens is 3. The maximum Gasteiger partial charge on any atom is 0.234 e. The first-order chi connectivity index (χ1) is 16.0. The summed E-state index contributed by atoms with van der Waals surface area (Å²) in [6, 6.07) is 22.0. The smallest absolute Gasteiger partial charge is 0.234 e. The molecule has 0 radical (unpaired) electrons. The Morgan fingerprint density at radius 1 is 1.09 bits per heavy atom. The third kappa shape index (κ3) is 5.80. The molecule has 0 unspecified atom stereocenters. The van der Waals surface area contributed by atoms with E-state index in [1.54, 1.807) is 13.2 Å². The quantitative estimate of drug-likeness (QED) is 0.307. The molecule has 4 aromatic rings. The number of rotatable bonds is 8. The molecule has 0 aliphatic carbocycles. The lowest BCUT2D eigenvalue weighted by atomic mass is 10.1. The minimum atomic E-state index is -0.505. The maximum absolute atomic E-state index is 14.0. The van der Waals surface area contributed by atoms with E-state index in [0.717, 1.165) is 22.8 Å². The summed E-state index contributed by atoms with van der Waals surface area (Å²) in [5.74, 6) is 0.689. The van der Waals surface area contributed by atoms with Crippen LogP contribution < -0.4 is 10.1 Å². The van der Waals surface area contributed by atoms with Crippen LogP contribution >= 0.6 is 27.7 Å². The molecule has 0 spiro atoms. The Balaban J connectivity index is 1.55. The highest BCUT2D eigenvalue weighted by molar-refractivity contribution is 9.10. The Kier molecular flexibility index (Phi) is 7.41. The average molecular weight is 527 g/mol. The van der Waals surface area contributed by atoms with Crippen molar-refractivity contribution in [2.24, 2.45) is 0 Å². The second-order valence-electron chi connectivity index (χ2n) is 7.06. The van der Waals surface area contributed by atoms with Gasteiger partial charge in [-0.3, -0.25) is 9.36 Å². The van der Waals surface area contributed by atoms with Gasteiger partial charge in [-0.25, -0.2) is 4.39 Å². The molecule has 0 aliphatic rings. The summed E-state index contributed by atoms with van der Waals surface area (Å²) >= 11 is 4.44. The topological polar surface area (TPSA) is 69.0 Å². The number of hydrogen-bond donors (Lipinski definition) is 1. The van der Waals surface area contributed by atoms with Crippen molar-refractivity contribution in [3.63, 3.8) is 0 Å². The first kappa shape index (κ1) is 23.0. The van der Waals surface area contributed by atoms with E-state index in [-0.39, 0.29) is 17.3 Å². The molecule has 9 heteroatoms. The van der Waals surface area contributed by atoms with Crippen molar-refractivity contribution < 1.29 is 13.9 Å². The van der Waals surface area contributed by atoms with Crippen molar-refractivity contribution in [2.75, 3.05) is 18.2 Å². The molecule has 1 amide bonds. The largest absolute Gasteiger partial charge is 0.497 e. The highest BCUT2D eigenvalue weighted by atomic mass is 79.9. The second-order valence-corrected chi connectivity index (χ2v) is 8.91. The monoisotopic (exact) mass is 526 g/mol. The van der Waals surface area contributed by atoms with E-state index >= 15 is 0 Å². The Morgan fingerprint density at radius 3 is 2.55 bits per heavy atom. The zero-order valence-corrected chi connectivity index (χ0v) is 20.1. The van der Waals surface area contributed by atoms with Crippen LogP contribution in [0.5, 0.6) is 5.75 Å². The molecule has 6 nitrogen and oxygen atoms in total. The van der Waals surface area contributed by atoms with Crippen molar-refractivity contribution >= 4 is 39.3 Å². The standard InChI is InChI=1S/C24H20BrFN4O2S/c1-32-19-10-8-18(9-11-19)30-22(13-16-5-3-2-4-6-16)28-29-24(30)33-15-23(31)27-21-12-7-17(25)14-20(21)26/h2-12,14H,13,15H2,1H3,(H,27,31). The minimum absolute atomic E-state index is 0.0507. The Labute approximate surface area is 203 Å². The number of hydrogen-bond acceptors (Lipinski definition) is 5. The number of ether oxygens (including phenoxy) is 1. The average Bonchev–Trinajstić information content (AvgIpc) is 3.22. The van der Waals surface area contributed by atoms with E-state index in [0.29, 0.717) is 16.0 Å². The van der Waals surface area contributed by atoms with E-state index in [1.807, 2.05) is 59.2 Å². The van der Waals surface area contributed by atoms with Crippen LogP contribution in [-0.4, -0.2) is 33.5 Å². The molecule has 0 fully saturated rings. The summed E-state index contributed by atoms with van der Waals surface area (Å²) < 4.78 is 21.8. The van der Waals surface area contributed by atoms with Crippen molar-refractivity contribution in [2.45, 2.75) is 11.6 Å². The van der Waals surface area contributed by atoms with E-state index in [9.17, 15) is 9.18 Å². The number of carbonyl (C=O) groups is 1. The molecule has 1 aromatic heterocycles. The number of thioether (sulfide) groups is 1. The first-order valence-corrected chi connectivity index (χ1v) is 11.8. The lowest BCUT2D eigenvalue weighted by Crippen LogP contribution is -2.15. The van der Waals surface area contributed by atoms with Crippen LogP contribution in [0.2, 0.25) is 0 Å². The van der Waals surface area contributed by atoms with Gasteiger partial charge in [0.25, 0.3) is 0 Å². The molecule has 0 aliphatic heterocycles. The molecule has 1 N–H and O–H groups in total. The van der Waals surface area contributed by atoms with Gasteiger partial charge in [-0.05, 0) is 48.0 Å². The van der Waals surface area contributed by atoms with Gasteiger partial charge in [0.1, 0.15) is 17.4 Å². The van der Waals surface area contributed by atoms with Gasteiger partial charge in [0.05, 0.1) is 18.6 Å². The van der Waals surface area contributed by atoms with Crippen molar-refractivity contribution in [3.8, 4) is 11.4 Å². The number of anilines is 1. The fourth-order valence-electron chi connectivity index (χ4n) is 3.18. The van der Waals surface area contributed by atoms with E-state index in [4.69, 9.17) is 4.74 Å². The second kappa shape index (κ2) is 10.6. The highest BCUT2D eigenvalue weighted by Crippen LogP contribution is 2.26. The van der Waals surface area contributed by atoms with E-state index in [1.165, 1.54) is 23.9 Å². The molecular weight excluding hydrogens is 507 g/mol. The molecule has 1 heterocycles. The Hall–Kier alpha value is -3.17. The molecular formula is C24H20BrFN4O2S. The summed E-state index contributed by atoms with van der Waals surface area (Å²) in [5, 5.41) is 11.9. The molecule has 168 valence electrons. The zero-order chi connectivity index (χ0) is 23.2. The molecule has 3 aromatic carbocycles. The normalized spacial score (nSPS) is 10.8. The van der Waals surface area contributed by atoms with Crippen LogP contribution in [0.3, 0.4) is 0 Å². The molecule has 0 atom stereocenters. The van der Waals surface area contributed by atoms with Gasteiger partial charge < -0.3 is 10.1 Å². The fourth-order valence-corrected chi connectivity index (χ4v) is 4.29. The predicted molar refractivity (Wildman–Crippen MR) is 131 cm³/mol. The van der Waals surface area contributed by atoms with Gasteiger partial charge in [0.2, 0.25) is 5.91 Å². The Bertz CT molecular complexity index is 1250. The minimum Gasteiger partial charge on any atom is -0.497 e. The van der Waals surface area contributed by atoms with Crippen LogP contribution in [0.1, 0.15) is 11.4 Å². The van der Waals surface area contributed by atoms with E-state index in [2.05, 4.69) is 31.4 Å². The summed E-state index contributed by atoms with van der Waals surface area (Å²) in [5.41, 5.74) is 2.08. The predicted octanol–water partition coefficient (Wildman–Crippen LogP) is 5.50. The van der Waals surface area contributed by atoms with Crippen LogP contribution in [0, 0.1) is 5.82 Å². The third-order valence-electron chi connectivity index (χ3n) is 4.77. The lowest BCUT2D eigenvalue weighted by Gasteiger charge is -2.11. The van der Waals surface area contributed by atoms with Gasteiger partial charge in [0.15, 0.2) is 5.16 Å². The van der Waals surface area contributed by atoms with Crippen LogP contribution in [0.15, 0.2) is 82.4 Å². The summed E-state index contributed by atoms with van der Waals surface area (Å²) in [4.78, 5) is 12.5. The first-order valence-electron chi connectivity index (χ1n) is 10.0. The lowest BCUT2D eigenvalue weighted by molar-refractivity contribution is -0.113. The van der Waals surface area contributed by atoms with Crippen molar-refractivity contribution in [1.29, 1.82) is 0 Å². The van der Waals surface area contributed by atoms with Gasteiger partial charge in [-0.1, -0.05) is 58.0 Å². The molecule has 33 heavy (non-hydrogen) atoms. The van der Waals surface area contributed by atoms with Crippen molar-refractivity contribution in [3.05, 3.63) is 94.5 Å². The summed E-state index contributed by atoms with van der Waals surface area (Å²) in [6.45, 7) is 0. The number of nitrogens with zero attached hydrogens (tertiary/aromatic N) is 3. The molecule has 0 saturated heterocycles. The number of halogens is 2. The highest BCUT2D eigenvalue weighted by Gasteiger charge is 2.17. The number of benzene rings is 3. The molecule has 0 saturated carbocycles. The molecule has 0 bridgehead atoms. The fraction of sp³-hybridized carbons (Fsp3) is 0.125. The number of methoxy groups -OCH3 is 1. The van der Waals surface area contributed by atoms with E-state index < -0.39 is 5.82 Å². The van der Waals surface area contributed by atoms with Crippen LogP contribution in [-0.2, 0) is 11.2 Å². The SMILES string of the molecule is COc1ccc(-n2c(Cc3ccccc3)nnc2SCC(=O)Nc2ccc(Br)cc2F)cc1. The van der Waals surface area contributed by atoms with Crippen LogP contribution in [0.25, 0.3) is 5.69 Å². The summed E-state index contributed by atoms with van der Waals surface area (Å²) in [6.07, 6.45) is 0.580. The van der Waals surface area contributed by atoms with Gasteiger partial charge in [0, 0.05) is 16.6 Å². The maximum atomic E-state index is 14.0. The zero-order valence-electron chi connectivity index (χ0n) is 17.7. The molecule has 4 rings (SSSR count). The van der Waals surface area contributed by atoms with Gasteiger partial charge in [-0.2, -0.15) is 0 Å². The van der Waals surface area contributed by atoms with Gasteiger partial charge >= 0.3 is 0 Å². The third-order valence-corrected chi connectivity index (χ3v) is 6.20. The van der Waals surface area contributed by atoms with Gasteiger partial charge in [-0.15, -0.1) is 10.2 Å². The van der Waals surface area contributed by atoms with Crippen molar-refractivity contribution in [1.82, 2.24) is 14.8 Å². The number of carbonyl (C=O) groups excluding carboxylic acids is 1. The van der Waals surface area contributed by atoms with Crippen LogP contribution in [0.4, 0.5) is 10.1 Å². The Morgan fingerprint density at radius 2 is 1.85 bits per heavy atom. The number of nitrogens with one attached hydrogen (secondary N) is 1. The summed E-state index contributed by atoms with van der Waals surface area (Å²) in [7, 11) is 1.61.